The lowest BCUT2D eigenvalue weighted by atomic mass is 9.96. The van der Waals surface area contributed by atoms with Crippen molar-refractivity contribution in [2.24, 2.45) is 5.92 Å². The molecule has 1 N–H and O–H groups in total. The molecule has 1 saturated heterocycles. The number of halogens is 1. The van der Waals surface area contributed by atoms with Crippen LogP contribution in [-0.2, 0) is 16.0 Å². The second kappa shape index (κ2) is 6.24. The van der Waals surface area contributed by atoms with Gasteiger partial charge in [-0.2, -0.15) is 0 Å². The number of nitrogens with zero attached hydrogens (tertiary/aromatic N) is 1. The summed E-state index contributed by atoms with van der Waals surface area (Å²) in [7, 11) is 0. The Morgan fingerprint density at radius 1 is 1.24 bits per heavy atom. The summed E-state index contributed by atoms with van der Waals surface area (Å²) in [6, 6.07) is 5.30. The van der Waals surface area contributed by atoms with Gasteiger partial charge in [0.25, 0.3) is 0 Å². The molecular formula is C16H21FN2O2. The second-order valence-electron chi connectivity index (χ2n) is 5.83. The van der Waals surface area contributed by atoms with Gasteiger partial charge in [-0.1, -0.05) is 26.0 Å². The third-order valence-corrected chi connectivity index (χ3v) is 3.80. The molecule has 0 spiro atoms. The van der Waals surface area contributed by atoms with E-state index in [4.69, 9.17) is 0 Å². The normalized spacial score (nSPS) is 22.6. The Labute approximate surface area is 124 Å². The molecule has 21 heavy (non-hydrogen) atoms. The van der Waals surface area contributed by atoms with Gasteiger partial charge < -0.3 is 10.2 Å². The molecule has 1 aromatic carbocycles. The number of amides is 2. The first-order chi connectivity index (χ1) is 9.90. The average Bonchev–Trinajstić information content (AvgIpc) is 2.42. The highest BCUT2D eigenvalue weighted by Gasteiger charge is 2.39. The zero-order valence-corrected chi connectivity index (χ0v) is 12.6. The highest BCUT2D eigenvalue weighted by Crippen LogP contribution is 2.18. The van der Waals surface area contributed by atoms with Crippen LogP contribution in [0.3, 0.4) is 0 Å². The predicted octanol–water partition coefficient (Wildman–Crippen LogP) is 1.74. The van der Waals surface area contributed by atoms with Crippen molar-refractivity contribution in [3.8, 4) is 0 Å². The first kappa shape index (κ1) is 15.5. The van der Waals surface area contributed by atoms with Gasteiger partial charge in [-0.15, -0.1) is 0 Å². The molecule has 2 amide bonds. The smallest absolute Gasteiger partial charge is 0.245 e. The van der Waals surface area contributed by atoms with Gasteiger partial charge in [0, 0.05) is 6.54 Å². The lowest BCUT2D eigenvalue weighted by Gasteiger charge is -2.40. The molecule has 2 atom stereocenters. The van der Waals surface area contributed by atoms with E-state index < -0.39 is 12.1 Å². The molecule has 0 saturated carbocycles. The van der Waals surface area contributed by atoms with Crippen molar-refractivity contribution in [1.82, 2.24) is 10.2 Å². The van der Waals surface area contributed by atoms with Gasteiger partial charge in [-0.05, 0) is 37.0 Å². The summed E-state index contributed by atoms with van der Waals surface area (Å²) in [5.74, 6) is -0.387. The molecule has 2 rings (SSSR count). The zero-order chi connectivity index (χ0) is 15.6. The van der Waals surface area contributed by atoms with Crippen LogP contribution in [-0.4, -0.2) is 35.3 Å². The minimum atomic E-state index is -0.485. The monoisotopic (exact) mass is 292 g/mol. The predicted molar refractivity (Wildman–Crippen MR) is 78.0 cm³/mol. The Hall–Kier alpha value is -1.91. The number of nitrogens with one attached hydrogen (secondary N) is 1. The van der Waals surface area contributed by atoms with Gasteiger partial charge in [0.15, 0.2) is 0 Å². The van der Waals surface area contributed by atoms with Crippen LogP contribution in [0.2, 0.25) is 0 Å². The summed E-state index contributed by atoms with van der Waals surface area (Å²) >= 11 is 0. The molecule has 1 heterocycles. The van der Waals surface area contributed by atoms with Crippen molar-refractivity contribution in [2.75, 3.05) is 6.54 Å². The van der Waals surface area contributed by atoms with E-state index in [1.165, 1.54) is 12.1 Å². The Bertz CT molecular complexity index is 528. The topological polar surface area (TPSA) is 49.4 Å². The Kier molecular flexibility index (Phi) is 4.60. The molecule has 1 aliphatic heterocycles. The van der Waals surface area contributed by atoms with Crippen LogP contribution < -0.4 is 5.32 Å². The number of carbonyl (C=O) groups excluding carboxylic acids is 2. The molecule has 1 aromatic rings. The Balaban J connectivity index is 2.11. The minimum Gasteiger partial charge on any atom is -0.343 e. The summed E-state index contributed by atoms with van der Waals surface area (Å²) in [6.45, 7) is 6.02. The van der Waals surface area contributed by atoms with E-state index in [9.17, 15) is 14.0 Å². The van der Waals surface area contributed by atoms with Crippen LogP contribution in [0.1, 0.15) is 26.3 Å². The van der Waals surface area contributed by atoms with Crippen molar-refractivity contribution in [3.05, 3.63) is 35.6 Å². The molecule has 114 valence electrons. The van der Waals surface area contributed by atoms with Crippen LogP contribution in [0.15, 0.2) is 24.3 Å². The summed E-state index contributed by atoms with van der Waals surface area (Å²) in [5.41, 5.74) is 0.949. The van der Waals surface area contributed by atoms with Crippen molar-refractivity contribution in [2.45, 2.75) is 39.3 Å². The maximum atomic E-state index is 12.9. The first-order valence-corrected chi connectivity index (χ1v) is 7.25. The number of rotatable bonds is 4. The number of benzene rings is 1. The summed E-state index contributed by atoms with van der Waals surface area (Å²) in [6.07, 6.45) is 0.606. The van der Waals surface area contributed by atoms with Crippen LogP contribution in [0.4, 0.5) is 4.39 Å². The summed E-state index contributed by atoms with van der Waals surface area (Å²) in [4.78, 5) is 26.1. The van der Waals surface area contributed by atoms with Crippen LogP contribution in [0, 0.1) is 11.7 Å². The largest absolute Gasteiger partial charge is 0.343 e. The van der Waals surface area contributed by atoms with Gasteiger partial charge >= 0.3 is 0 Å². The molecule has 2 unspecified atom stereocenters. The maximum Gasteiger partial charge on any atom is 0.245 e. The molecule has 0 aliphatic carbocycles. The van der Waals surface area contributed by atoms with Gasteiger partial charge in [-0.3, -0.25) is 9.59 Å². The van der Waals surface area contributed by atoms with E-state index in [1.807, 2.05) is 13.8 Å². The number of hydrogen-bond acceptors (Lipinski definition) is 2. The zero-order valence-electron chi connectivity index (χ0n) is 12.6. The highest BCUT2D eigenvalue weighted by molar-refractivity contribution is 5.96. The lowest BCUT2D eigenvalue weighted by molar-refractivity contribution is -0.150. The third-order valence-electron chi connectivity index (χ3n) is 3.80. The Morgan fingerprint density at radius 3 is 2.43 bits per heavy atom. The minimum absolute atomic E-state index is 0.0506. The molecule has 5 heteroatoms. The van der Waals surface area contributed by atoms with Crippen LogP contribution in [0.25, 0.3) is 0 Å². The Morgan fingerprint density at radius 2 is 1.86 bits per heavy atom. The molecule has 1 aliphatic rings. The number of hydrogen-bond donors (Lipinski definition) is 1. The van der Waals surface area contributed by atoms with Crippen LogP contribution in [0.5, 0.6) is 0 Å². The average molecular weight is 292 g/mol. The fourth-order valence-corrected chi connectivity index (χ4v) is 2.70. The molecule has 0 bridgehead atoms. The third kappa shape index (κ3) is 3.40. The number of piperazine rings is 1. The molecule has 4 nitrogen and oxygen atoms in total. The SMILES string of the molecule is CC1NC(=O)C(C(C)C)N(CCc2ccc(F)cc2)C1=O. The van der Waals surface area contributed by atoms with Crippen molar-refractivity contribution in [3.63, 3.8) is 0 Å². The molecule has 0 aromatic heterocycles. The number of carbonyl (C=O) groups is 2. The van der Waals surface area contributed by atoms with Gasteiger partial charge in [0.1, 0.15) is 17.9 Å². The quantitative estimate of drug-likeness (QED) is 0.919. The van der Waals surface area contributed by atoms with Crippen molar-refractivity contribution < 1.29 is 14.0 Å². The summed E-state index contributed by atoms with van der Waals surface area (Å²) < 4.78 is 12.9. The fraction of sp³-hybridized carbons (Fsp3) is 0.500. The first-order valence-electron chi connectivity index (χ1n) is 7.25. The van der Waals surface area contributed by atoms with E-state index in [1.54, 1.807) is 24.0 Å². The van der Waals surface area contributed by atoms with E-state index >= 15 is 0 Å². The van der Waals surface area contributed by atoms with E-state index in [0.717, 1.165) is 5.56 Å². The van der Waals surface area contributed by atoms with E-state index in [2.05, 4.69) is 5.32 Å². The second-order valence-corrected chi connectivity index (χ2v) is 5.83. The lowest BCUT2D eigenvalue weighted by Crippen LogP contribution is -2.64. The molecular weight excluding hydrogens is 271 g/mol. The fourth-order valence-electron chi connectivity index (χ4n) is 2.70. The van der Waals surface area contributed by atoms with Gasteiger partial charge in [0.2, 0.25) is 11.8 Å². The van der Waals surface area contributed by atoms with E-state index in [0.29, 0.717) is 13.0 Å². The van der Waals surface area contributed by atoms with Gasteiger partial charge in [0.05, 0.1) is 0 Å². The van der Waals surface area contributed by atoms with Crippen LogP contribution >= 0.6 is 0 Å². The standard InChI is InChI=1S/C16H21FN2O2/c1-10(2)14-15(20)18-11(3)16(21)19(14)9-8-12-4-6-13(17)7-5-12/h4-7,10-11,14H,8-9H2,1-3H3,(H,18,20). The maximum absolute atomic E-state index is 12.9. The van der Waals surface area contributed by atoms with Gasteiger partial charge in [-0.25, -0.2) is 4.39 Å². The van der Waals surface area contributed by atoms with Crippen molar-refractivity contribution >= 4 is 11.8 Å². The molecule has 1 fully saturated rings. The molecule has 0 radical (unpaired) electrons. The van der Waals surface area contributed by atoms with E-state index in [-0.39, 0.29) is 23.5 Å². The summed E-state index contributed by atoms with van der Waals surface area (Å²) in [5, 5.41) is 2.72. The van der Waals surface area contributed by atoms with Crippen molar-refractivity contribution in [1.29, 1.82) is 0 Å². The highest BCUT2D eigenvalue weighted by atomic mass is 19.1.